The zero-order chi connectivity index (χ0) is 19.2. The predicted molar refractivity (Wildman–Crippen MR) is 106 cm³/mol. The average molecular weight is 391 g/mol. The zero-order valence-corrected chi connectivity index (χ0v) is 17.0. The highest BCUT2D eigenvalue weighted by molar-refractivity contribution is 7.99. The number of amides is 1. The summed E-state index contributed by atoms with van der Waals surface area (Å²) in [5.41, 5.74) is 2.08. The molecule has 1 aliphatic rings. The summed E-state index contributed by atoms with van der Waals surface area (Å²) in [5.74, 6) is 1.69. The Bertz CT molecular complexity index is 754. The summed E-state index contributed by atoms with van der Waals surface area (Å²) in [4.78, 5) is 13.7. The molecule has 1 fully saturated rings. The topological polar surface area (TPSA) is 73.5 Å². The van der Waals surface area contributed by atoms with Crippen molar-refractivity contribution in [2.45, 2.75) is 31.5 Å². The first-order valence-corrected chi connectivity index (χ1v) is 10.3. The van der Waals surface area contributed by atoms with Crippen LogP contribution in [-0.2, 0) is 23.1 Å². The SMILES string of the molecule is CC(C)c1ccc(NC(=O)CSc2nnc(C[NH+]3CCOCC3)n2C)cc1. The Hall–Kier alpha value is -1.90. The van der Waals surface area contributed by atoms with Gasteiger partial charge in [-0.25, -0.2) is 0 Å². The van der Waals surface area contributed by atoms with Crippen LogP contribution in [0.1, 0.15) is 31.2 Å². The van der Waals surface area contributed by atoms with E-state index in [9.17, 15) is 4.79 Å². The van der Waals surface area contributed by atoms with Crippen molar-refractivity contribution in [2.24, 2.45) is 7.05 Å². The zero-order valence-electron chi connectivity index (χ0n) is 16.2. The molecular weight excluding hydrogens is 362 g/mol. The lowest BCUT2D eigenvalue weighted by molar-refractivity contribution is -0.922. The molecule has 3 rings (SSSR count). The third-order valence-corrected chi connectivity index (χ3v) is 5.75. The molecule has 0 unspecified atom stereocenters. The van der Waals surface area contributed by atoms with E-state index < -0.39 is 0 Å². The smallest absolute Gasteiger partial charge is 0.234 e. The Morgan fingerprint density at radius 1 is 1.26 bits per heavy atom. The van der Waals surface area contributed by atoms with Crippen LogP contribution >= 0.6 is 11.8 Å². The van der Waals surface area contributed by atoms with Gasteiger partial charge >= 0.3 is 0 Å². The summed E-state index contributed by atoms with van der Waals surface area (Å²) < 4.78 is 7.38. The normalized spacial score (nSPS) is 15.3. The van der Waals surface area contributed by atoms with Crippen molar-refractivity contribution >= 4 is 23.4 Å². The second-order valence-electron chi connectivity index (χ2n) is 7.11. The van der Waals surface area contributed by atoms with Gasteiger partial charge in [-0.1, -0.05) is 37.7 Å². The van der Waals surface area contributed by atoms with E-state index in [0.717, 1.165) is 49.5 Å². The van der Waals surface area contributed by atoms with Crippen molar-refractivity contribution in [3.05, 3.63) is 35.7 Å². The number of rotatable bonds is 7. The Kier molecular flexibility index (Phi) is 6.87. The number of aromatic nitrogens is 3. The minimum atomic E-state index is -0.0411. The molecule has 0 saturated carbocycles. The molecule has 1 aliphatic heterocycles. The summed E-state index contributed by atoms with van der Waals surface area (Å²) in [6.07, 6.45) is 0. The summed E-state index contributed by atoms with van der Waals surface area (Å²) in [6, 6.07) is 8.00. The van der Waals surface area contributed by atoms with Gasteiger partial charge in [-0.15, -0.1) is 10.2 Å². The van der Waals surface area contributed by atoms with Gasteiger partial charge in [0, 0.05) is 12.7 Å². The van der Waals surface area contributed by atoms with Crippen LogP contribution in [0.2, 0.25) is 0 Å². The molecule has 1 saturated heterocycles. The minimum absolute atomic E-state index is 0.0411. The van der Waals surface area contributed by atoms with Gasteiger partial charge in [0.15, 0.2) is 11.0 Å². The van der Waals surface area contributed by atoms with Crippen LogP contribution in [0.5, 0.6) is 0 Å². The maximum atomic E-state index is 12.2. The van der Waals surface area contributed by atoms with Crippen LogP contribution in [0.3, 0.4) is 0 Å². The lowest BCUT2D eigenvalue weighted by Gasteiger charge is -2.23. The molecule has 1 amide bonds. The molecule has 1 aromatic carbocycles. The number of carbonyl (C=O) groups is 1. The molecule has 146 valence electrons. The first-order valence-electron chi connectivity index (χ1n) is 9.35. The fourth-order valence-corrected chi connectivity index (χ4v) is 3.69. The second kappa shape index (κ2) is 9.34. The number of hydrogen-bond acceptors (Lipinski definition) is 5. The van der Waals surface area contributed by atoms with E-state index in [1.165, 1.54) is 22.2 Å². The first kappa shape index (κ1) is 19.9. The molecule has 0 spiro atoms. The molecule has 0 bridgehead atoms. The second-order valence-corrected chi connectivity index (χ2v) is 8.05. The third kappa shape index (κ3) is 5.54. The van der Waals surface area contributed by atoms with Crippen LogP contribution in [0.15, 0.2) is 29.4 Å². The molecule has 2 aromatic rings. The standard InChI is InChI=1S/C19H27N5O2S/c1-14(2)15-4-6-16(7-5-15)20-18(25)13-27-19-22-21-17(23(19)3)12-24-8-10-26-11-9-24/h4-7,14H,8-13H2,1-3H3,(H,20,25)/p+1. The van der Waals surface area contributed by atoms with Crippen LogP contribution < -0.4 is 10.2 Å². The molecular formula is C19H28N5O2S+. The lowest BCUT2D eigenvalue weighted by Crippen LogP contribution is -3.12. The lowest BCUT2D eigenvalue weighted by atomic mass is 10.0. The third-order valence-electron chi connectivity index (χ3n) is 4.73. The molecule has 2 heterocycles. The van der Waals surface area contributed by atoms with Gasteiger partial charge in [0.2, 0.25) is 5.91 Å². The molecule has 0 atom stereocenters. The van der Waals surface area contributed by atoms with E-state index in [0.29, 0.717) is 11.7 Å². The Morgan fingerprint density at radius 3 is 2.63 bits per heavy atom. The number of hydrogen-bond donors (Lipinski definition) is 2. The number of morpholine rings is 1. The number of nitrogens with one attached hydrogen (secondary N) is 2. The number of anilines is 1. The summed E-state index contributed by atoms with van der Waals surface area (Å²) in [6.45, 7) is 8.72. The number of ether oxygens (including phenoxy) is 1. The number of carbonyl (C=O) groups excluding carboxylic acids is 1. The Balaban J connectivity index is 1.49. The van der Waals surface area contributed by atoms with Gasteiger partial charge in [-0.3, -0.25) is 4.79 Å². The Morgan fingerprint density at radius 2 is 1.96 bits per heavy atom. The minimum Gasteiger partial charge on any atom is -0.370 e. The summed E-state index contributed by atoms with van der Waals surface area (Å²) >= 11 is 1.41. The molecule has 0 aliphatic carbocycles. The molecule has 1 aromatic heterocycles. The average Bonchev–Trinajstić information content (AvgIpc) is 3.01. The van der Waals surface area contributed by atoms with Gasteiger partial charge in [0.25, 0.3) is 0 Å². The molecule has 0 radical (unpaired) electrons. The van der Waals surface area contributed by atoms with Crippen LogP contribution in [0.25, 0.3) is 0 Å². The summed E-state index contributed by atoms with van der Waals surface area (Å²) in [7, 11) is 1.96. The quantitative estimate of drug-likeness (QED) is 0.693. The van der Waals surface area contributed by atoms with Gasteiger partial charge in [-0.2, -0.15) is 0 Å². The van der Waals surface area contributed by atoms with E-state index >= 15 is 0 Å². The maximum absolute atomic E-state index is 12.2. The molecule has 8 heteroatoms. The largest absolute Gasteiger partial charge is 0.370 e. The molecule has 2 N–H and O–H groups in total. The number of nitrogens with zero attached hydrogens (tertiary/aromatic N) is 3. The predicted octanol–water partition coefficient (Wildman–Crippen LogP) is 1.08. The highest BCUT2D eigenvalue weighted by Crippen LogP contribution is 2.19. The number of benzene rings is 1. The van der Waals surface area contributed by atoms with Crippen molar-refractivity contribution in [3.8, 4) is 0 Å². The van der Waals surface area contributed by atoms with Crippen LogP contribution in [-0.4, -0.2) is 52.7 Å². The highest BCUT2D eigenvalue weighted by Gasteiger charge is 2.19. The number of quaternary nitrogens is 1. The summed E-state index contributed by atoms with van der Waals surface area (Å²) in [5, 5.41) is 12.2. The van der Waals surface area contributed by atoms with Crippen molar-refractivity contribution in [1.29, 1.82) is 0 Å². The van der Waals surface area contributed by atoms with Crippen molar-refractivity contribution in [3.63, 3.8) is 0 Å². The van der Waals surface area contributed by atoms with E-state index in [1.54, 1.807) is 0 Å². The number of thioether (sulfide) groups is 1. The van der Waals surface area contributed by atoms with E-state index in [1.807, 2.05) is 23.7 Å². The van der Waals surface area contributed by atoms with Crippen LogP contribution in [0, 0.1) is 0 Å². The maximum Gasteiger partial charge on any atom is 0.234 e. The van der Waals surface area contributed by atoms with Crippen molar-refractivity contribution in [2.75, 3.05) is 37.4 Å². The van der Waals surface area contributed by atoms with E-state index in [-0.39, 0.29) is 5.91 Å². The fourth-order valence-electron chi connectivity index (χ4n) is 2.96. The molecule has 7 nitrogen and oxygen atoms in total. The van der Waals surface area contributed by atoms with Crippen LogP contribution in [0.4, 0.5) is 5.69 Å². The Labute approximate surface area is 164 Å². The van der Waals surface area contributed by atoms with Crippen molar-refractivity contribution < 1.29 is 14.4 Å². The monoisotopic (exact) mass is 390 g/mol. The van der Waals surface area contributed by atoms with E-state index in [4.69, 9.17) is 4.74 Å². The fraction of sp³-hybridized carbons (Fsp3) is 0.526. The van der Waals surface area contributed by atoms with Crippen molar-refractivity contribution in [1.82, 2.24) is 14.8 Å². The van der Waals surface area contributed by atoms with E-state index in [2.05, 4.69) is 41.5 Å². The molecule has 27 heavy (non-hydrogen) atoms. The van der Waals surface area contributed by atoms with Gasteiger partial charge in [0.1, 0.15) is 19.6 Å². The van der Waals surface area contributed by atoms with Gasteiger partial charge in [-0.05, 0) is 23.6 Å². The first-order chi connectivity index (χ1) is 13.0. The van der Waals surface area contributed by atoms with Gasteiger partial charge in [0.05, 0.1) is 19.0 Å². The van der Waals surface area contributed by atoms with Gasteiger partial charge < -0.3 is 19.5 Å². The highest BCUT2D eigenvalue weighted by atomic mass is 32.2.